The summed E-state index contributed by atoms with van der Waals surface area (Å²) in [6, 6.07) is 0. The summed E-state index contributed by atoms with van der Waals surface area (Å²) in [5.41, 5.74) is 0. The van der Waals surface area contributed by atoms with E-state index >= 15 is 0 Å². The predicted octanol–water partition coefficient (Wildman–Crippen LogP) is 7.59. The smallest absolute Gasteiger partial charge is 0.331 e. The topological polar surface area (TPSA) is 74.6 Å². The van der Waals surface area contributed by atoms with Crippen molar-refractivity contribution >= 4 is 75.7 Å². The zero-order valence-electron chi connectivity index (χ0n) is 15.1. The lowest BCUT2D eigenvalue weighted by molar-refractivity contribution is -0.138. The minimum atomic E-state index is -0.960. The number of halogens is 4. The number of hydrogen-bond acceptors (Lipinski definition) is 2. The molecular formula is C18H30Br4O4. The van der Waals surface area contributed by atoms with E-state index in [1.807, 2.05) is 0 Å². The molecule has 0 radical (unpaired) electrons. The Morgan fingerprint density at radius 1 is 0.500 bits per heavy atom. The molecule has 8 heteroatoms. The highest BCUT2D eigenvalue weighted by Gasteiger charge is 2.31. The fraction of sp³-hybridized carbons (Fsp3) is 0.889. The van der Waals surface area contributed by atoms with Crippen molar-refractivity contribution in [1.82, 2.24) is 0 Å². The van der Waals surface area contributed by atoms with Gasteiger partial charge in [-0.05, 0) is 12.8 Å². The van der Waals surface area contributed by atoms with Crippen molar-refractivity contribution in [3.63, 3.8) is 0 Å². The molecule has 0 aromatic rings. The molecule has 0 saturated heterocycles. The molecule has 0 aliphatic carbocycles. The maximum absolute atomic E-state index is 10.9. The number of alkyl halides is 4. The molecule has 0 spiro atoms. The van der Waals surface area contributed by atoms with Gasteiger partial charge in [-0.1, -0.05) is 141 Å². The number of aliphatic carboxylic acids is 2. The van der Waals surface area contributed by atoms with E-state index < -0.39 is 18.4 Å². The van der Waals surface area contributed by atoms with Gasteiger partial charge >= 0.3 is 11.9 Å². The average molecular weight is 630 g/mol. The summed E-state index contributed by atoms with van der Waals surface area (Å²) in [6.07, 6.45) is 15.0. The second kappa shape index (κ2) is 14.8. The summed E-state index contributed by atoms with van der Waals surface area (Å²) in [6.45, 7) is 0. The number of unbranched alkanes of at least 4 members (excludes halogenated alkanes) is 11. The average Bonchev–Trinajstić information content (AvgIpc) is 2.54. The van der Waals surface area contributed by atoms with Gasteiger partial charge in [-0.3, -0.25) is 0 Å². The highest BCUT2D eigenvalue weighted by Crippen LogP contribution is 2.33. The second-order valence-corrected chi connectivity index (χ2v) is 14.3. The van der Waals surface area contributed by atoms with Crippen LogP contribution < -0.4 is 0 Å². The molecule has 0 heterocycles. The normalized spacial score (nSPS) is 12.3. The molecular weight excluding hydrogens is 600 g/mol. The molecule has 4 nitrogen and oxygen atoms in total. The monoisotopic (exact) mass is 626 g/mol. The van der Waals surface area contributed by atoms with Crippen LogP contribution in [0, 0.1) is 0 Å². The van der Waals surface area contributed by atoms with Gasteiger partial charge in [0.15, 0.2) is 6.47 Å². The van der Waals surface area contributed by atoms with Crippen LogP contribution in [0.15, 0.2) is 0 Å². The zero-order valence-corrected chi connectivity index (χ0v) is 21.5. The molecule has 154 valence electrons. The minimum absolute atomic E-state index is 0.597. The first-order valence-electron chi connectivity index (χ1n) is 9.32. The van der Waals surface area contributed by atoms with Crippen LogP contribution in [-0.4, -0.2) is 28.6 Å². The highest BCUT2D eigenvalue weighted by atomic mass is 79.9. The van der Waals surface area contributed by atoms with E-state index in [-0.39, 0.29) is 0 Å². The molecule has 2 N–H and O–H groups in total. The fourth-order valence-electron chi connectivity index (χ4n) is 2.68. The van der Waals surface area contributed by atoms with E-state index in [9.17, 15) is 9.59 Å². The van der Waals surface area contributed by atoms with Crippen LogP contribution in [0.25, 0.3) is 0 Å². The van der Waals surface area contributed by atoms with Crippen molar-refractivity contribution in [3.8, 4) is 0 Å². The lowest BCUT2D eigenvalue weighted by Gasteiger charge is -2.14. The van der Waals surface area contributed by atoms with Gasteiger partial charge < -0.3 is 10.2 Å². The van der Waals surface area contributed by atoms with E-state index in [4.69, 9.17) is 10.2 Å². The SMILES string of the molecule is O=C(O)C(Br)(Br)CCCCCCCCCCCCCCC(Br)(Br)C(=O)O. The maximum Gasteiger partial charge on any atom is 0.331 e. The van der Waals surface area contributed by atoms with Gasteiger partial charge in [-0.2, -0.15) is 0 Å². The molecule has 0 aliphatic rings. The molecule has 26 heavy (non-hydrogen) atoms. The van der Waals surface area contributed by atoms with Gasteiger partial charge in [0.25, 0.3) is 0 Å². The lowest BCUT2D eigenvalue weighted by atomic mass is 10.0. The van der Waals surface area contributed by atoms with Crippen LogP contribution in [0.5, 0.6) is 0 Å². The summed E-state index contributed by atoms with van der Waals surface area (Å²) in [5, 5.41) is 17.9. The number of hydrogen-bond donors (Lipinski definition) is 2. The van der Waals surface area contributed by atoms with E-state index in [0.29, 0.717) is 12.8 Å². The van der Waals surface area contributed by atoms with E-state index in [2.05, 4.69) is 63.7 Å². The zero-order chi connectivity index (χ0) is 20.1. The molecule has 0 aromatic heterocycles. The van der Waals surface area contributed by atoms with Crippen molar-refractivity contribution < 1.29 is 19.8 Å². The Labute approximate surface area is 190 Å². The van der Waals surface area contributed by atoms with Gasteiger partial charge in [0, 0.05) is 0 Å². The quantitative estimate of drug-likeness (QED) is 0.128. The van der Waals surface area contributed by atoms with E-state index in [0.717, 1.165) is 25.7 Å². The molecule has 0 bridgehead atoms. The van der Waals surface area contributed by atoms with E-state index in [1.54, 1.807) is 0 Å². The number of carbonyl (C=O) groups is 2. The highest BCUT2D eigenvalue weighted by molar-refractivity contribution is 9.26. The Morgan fingerprint density at radius 3 is 0.885 bits per heavy atom. The summed E-state index contributed by atoms with van der Waals surface area (Å²) >= 11 is 12.7. The van der Waals surface area contributed by atoms with Crippen LogP contribution in [0.2, 0.25) is 0 Å². The van der Waals surface area contributed by atoms with Crippen molar-refractivity contribution in [2.24, 2.45) is 0 Å². The molecule has 0 rings (SSSR count). The molecule has 0 aromatic carbocycles. The molecule has 0 fully saturated rings. The van der Waals surface area contributed by atoms with Gasteiger partial charge in [-0.25, -0.2) is 9.59 Å². The van der Waals surface area contributed by atoms with Crippen LogP contribution >= 0.6 is 63.7 Å². The first-order valence-corrected chi connectivity index (χ1v) is 12.5. The van der Waals surface area contributed by atoms with Crippen molar-refractivity contribution in [3.05, 3.63) is 0 Å². The molecule has 0 saturated carbocycles. The molecule has 0 unspecified atom stereocenters. The van der Waals surface area contributed by atoms with Gasteiger partial charge in [0.2, 0.25) is 0 Å². The maximum atomic E-state index is 10.9. The van der Waals surface area contributed by atoms with Crippen LogP contribution in [0.4, 0.5) is 0 Å². The third-order valence-corrected chi connectivity index (χ3v) is 7.30. The predicted molar refractivity (Wildman–Crippen MR) is 121 cm³/mol. The van der Waals surface area contributed by atoms with Crippen LogP contribution in [0.3, 0.4) is 0 Å². The second-order valence-electron chi connectivity index (χ2n) is 6.76. The van der Waals surface area contributed by atoms with Gasteiger partial charge in [-0.15, -0.1) is 0 Å². The minimum Gasteiger partial charge on any atom is -0.480 e. The Morgan fingerprint density at radius 2 is 0.692 bits per heavy atom. The standard InChI is InChI=1S/C18H30Br4O4/c19-17(20,15(23)24)13-11-9-7-5-3-1-2-4-6-8-10-12-14-18(21,22)16(25)26/h1-14H2,(H,23,24)(H,25,26). The van der Waals surface area contributed by atoms with Crippen molar-refractivity contribution in [2.45, 2.75) is 96.4 Å². The molecule has 0 amide bonds. The first kappa shape index (κ1) is 26.9. The van der Waals surface area contributed by atoms with Crippen LogP contribution in [-0.2, 0) is 9.59 Å². The fourth-order valence-corrected chi connectivity index (χ4v) is 3.80. The number of rotatable bonds is 17. The van der Waals surface area contributed by atoms with Crippen molar-refractivity contribution in [1.29, 1.82) is 0 Å². The Kier molecular flexibility index (Phi) is 15.3. The Hall–Kier alpha value is 0.860. The van der Waals surface area contributed by atoms with Gasteiger partial charge in [0.1, 0.15) is 0 Å². The third kappa shape index (κ3) is 13.9. The van der Waals surface area contributed by atoms with E-state index in [1.165, 1.54) is 51.4 Å². The number of carboxylic acids is 2. The summed E-state index contributed by atoms with van der Waals surface area (Å²) < 4.78 is -1.92. The summed E-state index contributed by atoms with van der Waals surface area (Å²) in [5.74, 6) is -1.73. The first-order chi connectivity index (χ1) is 12.1. The third-order valence-electron chi connectivity index (χ3n) is 4.36. The number of carboxylic acid groups (broad SMARTS) is 2. The molecule has 0 aliphatic heterocycles. The molecule has 0 atom stereocenters. The summed E-state index contributed by atoms with van der Waals surface area (Å²) in [4.78, 5) is 21.8. The summed E-state index contributed by atoms with van der Waals surface area (Å²) in [7, 11) is 0. The van der Waals surface area contributed by atoms with Crippen molar-refractivity contribution in [2.75, 3.05) is 0 Å². The lowest BCUT2D eigenvalue weighted by Crippen LogP contribution is -2.23. The largest absolute Gasteiger partial charge is 0.480 e. The van der Waals surface area contributed by atoms with Gasteiger partial charge in [0.05, 0.1) is 0 Å². The Bertz CT molecular complexity index is 376. The Balaban J connectivity index is 3.32. The van der Waals surface area contributed by atoms with Crippen LogP contribution in [0.1, 0.15) is 89.9 Å².